The van der Waals surface area contributed by atoms with Crippen molar-refractivity contribution in [3.05, 3.63) is 63.1 Å². The molecule has 0 radical (unpaired) electrons. The molecule has 1 amide bonds. The minimum atomic E-state index is 0.0145. The van der Waals surface area contributed by atoms with E-state index in [-0.39, 0.29) is 5.91 Å². The van der Waals surface area contributed by atoms with Gasteiger partial charge in [0.1, 0.15) is 0 Å². The average molecular weight is 382 g/mol. The fourth-order valence-electron chi connectivity index (χ4n) is 2.47. The van der Waals surface area contributed by atoms with Gasteiger partial charge in [-0.2, -0.15) is 0 Å². The zero-order valence-electron chi connectivity index (χ0n) is 13.9. The van der Waals surface area contributed by atoms with Crippen LogP contribution in [0.4, 0.5) is 5.69 Å². The molecule has 24 heavy (non-hydrogen) atoms. The first-order valence-corrected chi connectivity index (χ1v) is 9.88. The molecule has 2 rings (SSSR count). The second-order valence-corrected chi connectivity index (χ2v) is 7.26. The van der Waals surface area contributed by atoms with Gasteiger partial charge in [-0.05, 0) is 41.7 Å². The van der Waals surface area contributed by atoms with Gasteiger partial charge in [0, 0.05) is 21.5 Å². The van der Waals surface area contributed by atoms with Crippen LogP contribution in [0.15, 0.2) is 36.4 Å². The van der Waals surface area contributed by atoms with Crippen molar-refractivity contribution < 1.29 is 4.79 Å². The molecule has 1 N–H and O–H groups in total. The Hall–Kier alpha value is -1.16. The van der Waals surface area contributed by atoms with E-state index in [1.807, 2.05) is 18.2 Å². The molecular weight excluding hydrogens is 361 g/mol. The number of thioether (sulfide) groups is 1. The van der Waals surface area contributed by atoms with E-state index < -0.39 is 0 Å². The monoisotopic (exact) mass is 381 g/mol. The van der Waals surface area contributed by atoms with Crippen LogP contribution >= 0.6 is 35.0 Å². The van der Waals surface area contributed by atoms with Crippen LogP contribution in [0.1, 0.15) is 30.5 Å². The summed E-state index contributed by atoms with van der Waals surface area (Å²) in [6, 6.07) is 11.6. The van der Waals surface area contributed by atoms with Crippen molar-refractivity contribution >= 4 is 46.6 Å². The van der Waals surface area contributed by atoms with E-state index in [0.29, 0.717) is 21.6 Å². The maximum Gasteiger partial charge on any atom is 0.234 e. The summed E-state index contributed by atoms with van der Waals surface area (Å²) in [6.45, 7) is 4.20. The van der Waals surface area contributed by atoms with Crippen LogP contribution in [0.25, 0.3) is 0 Å². The largest absolute Gasteiger partial charge is 0.325 e. The normalized spacial score (nSPS) is 10.7. The molecule has 0 aromatic heterocycles. The lowest BCUT2D eigenvalue weighted by molar-refractivity contribution is -0.113. The first-order chi connectivity index (χ1) is 11.5. The molecule has 0 saturated heterocycles. The molecule has 0 aliphatic heterocycles. The SMILES string of the molecule is CCc1cccc(CC)c1NC(=O)CSCc1ccc(Cl)cc1Cl. The van der Waals surface area contributed by atoms with Crippen LogP contribution in [-0.2, 0) is 23.4 Å². The molecule has 0 spiro atoms. The van der Waals surface area contributed by atoms with E-state index >= 15 is 0 Å². The summed E-state index contributed by atoms with van der Waals surface area (Å²) in [6.07, 6.45) is 1.80. The number of hydrogen-bond acceptors (Lipinski definition) is 2. The second-order valence-electron chi connectivity index (χ2n) is 5.44. The molecule has 2 aromatic carbocycles. The third-order valence-corrected chi connectivity index (χ3v) is 5.34. The zero-order valence-corrected chi connectivity index (χ0v) is 16.2. The highest BCUT2D eigenvalue weighted by molar-refractivity contribution is 7.99. The van der Waals surface area contributed by atoms with Gasteiger partial charge in [-0.1, -0.05) is 61.3 Å². The summed E-state index contributed by atoms with van der Waals surface area (Å²) >= 11 is 13.6. The Kier molecular flexibility index (Phi) is 7.47. The van der Waals surface area contributed by atoms with Crippen LogP contribution in [0.3, 0.4) is 0 Å². The number of carbonyl (C=O) groups excluding carboxylic acids is 1. The van der Waals surface area contributed by atoms with E-state index in [1.54, 1.807) is 17.8 Å². The van der Waals surface area contributed by atoms with E-state index in [2.05, 4.69) is 31.3 Å². The number of nitrogens with one attached hydrogen (secondary N) is 1. The first-order valence-electron chi connectivity index (χ1n) is 7.97. The molecule has 0 fully saturated rings. The Morgan fingerprint density at radius 2 is 1.71 bits per heavy atom. The number of rotatable bonds is 7. The van der Waals surface area contributed by atoms with Gasteiger partial charge >= 0.3 is 0 Å². The minimum Gasteiger partial charge on any atom is -0.325 e. The molecule has 0 heterocycles. The van der Waals surface area contributed by atoms with Crippen LogP contribution in [0.2, 0.25) is 10.0 Å². The number of benzene rings is 2. The number of carbonyl (C=O) groups is 1. The summed E-state index contributed by atoms with van der Waals surface area (Å²) in [5.41, 5.74) is 4.31. The molecule has 5 heteroatoms. The Balaban J connectivity index is 1.94. The van der Waals surface area contributed by atoms with Crippen LogP contribution in [-0.4, -0.2) is 11.7 Å². The lowest BCUT2D eigenvalue weighted by Crippen LogP contribution is -2.16. The van der Waals surface area contributed by atoms with Crippen molar-refractivity contribution in [1.29, 1.82) is 0 Å². The highest BCUT2D eigenvalue weighted by Crippen LogP contribution is 2.26. The van der Waals surface area contributed by atoms with Gasteiger partial charge in [-0.3, -0.25) is 4.79 Å². The molecule has 128 valence electrons. The molecular formula is C19H21Cl2NOS. The topological polar surface area (TPSA) is 29.1 Å². The Morgan fingerprint density at radius 3 is 2.29 bits per heavy atom. The van der Waals surface area contributed by atoms with Crippen LogP contribution in [0.5, 0.6) is 0 Å². The molecule has 0 bridgehead atoms. The fraction of sp³-hybridized carbons (Fsp3) is 0.316. The molecule has 0 aliphatic carbocycles. The summed E-state index contributed by atoms with van der Waals surface area (Å²) in [4.78, 5) is 12.3. The third-order valence-electron chi connectivity index (χ3n) is 3.77. The van der Waals surface area contributed by atoms with Crippen molar-refractivity contribution in [2.24, 2.45) is 0 Å². The summed E-state index contributed by atoms with van der Waals surface area (Å²) in [7, 11) is 0. The molecule has 0 aliphatic rings. The quantitative estimate of drug-likeness (QED) is 0.637. The number of aryl methyl sites for hydroxylation is 2. The van der Waals surface area contributed by atoms with Gasteiger partial charge in [-0.25, -0.2) is 0 Å². The van der Waals surface area contributed by atoms with Crippen molar-refractivity contribution in [2.75, 3.05) is 11.1 Å². The maximum absolute atomic E-state index is 12.3. The highest BCUT2D eigenvalue weighted by atomic mass is 35.5. The molecule has 0 saturated carbocycles. The summed E-state index contributed by atoms with van der Waals surface area (Å²) in [5.74, 6) is 1.08. The standard InChI is InChI=1S/C19H21Cl2NOS/c1-3-13-6-5-7-14(4-2)19(13)22-18(23)12-24-11-15-8-9-16(20)10-17(15)21/h5-10H,3-4,11-12H2,1-2H3,(H,22,23). The van der Waals surface area contributed by atoms with E-state index in [1.165, 1.54) is 11.1 Å². The summed E-state index contributed by atoms with van der Waals surface area (Å²) < 4.78 is 0. The second kappa shape index (κ2) is 9.36. The van der Waals surface area contributed by atoms with Crippen molar-refractivity contribution in [3.8, 4) is 0 Å². The first kappa shape index (κ1) is 19.2. The third kappa shape index (κ3) is 5.17. The van der Waals surface area contributed by atoms with E-state index in [4.69, 9.17) is 23.2 Å². The van der Waals surface area contributed by atoms with Gasteiger partial charge < -0.3 is 5.32 Å². The smallest absolute Gasteiger partial charge is 0.234 e. The van der Waals surface area contributed by atoms with E-state index in [0.717, 1.165) is 24.1 Å². The number of para-hydroxylation sites is 1. The minimum absolute atomic E-state index is 0.0145. The number of hydrogen-bond donors (Lipinski definition) is 1. The predicted octanol–water partition coefficient (Wildman–Crippen LogP) is 5.99. The average Bonchev–Trinajstić information content (AvgIpc) is 2.57. The molecule has 0 atom stereocenters. The van der Waals surface area contributed by atoms with Crippen molar-refractivity contribution in [1.82, 2.24) is 0 Å². The maximum atomic E-state index is 12.3. The number of amides is 1. The van der Waals surface area contributed by atoms with Gasteiger partial charge in [0.15, 0.2) is 0 Å². The van der Waals surface area contributed by atoms with Gasteiger partial charge in [0.2, 0.25) is 5.91 Å². The molecule has 2 nitrogen and oxygen atoms in total. The molecule has 0 unspecified atom stereocenters. The number of halogens is 2. The van der Waals surface area contributed by atoms with Gasteiger partial charge in [-0.15, -0.1) is 11.8 Å². The zero-order chi connectivity index (χ0) is 17.5. The Morgan fingerprint density at radius 1 is 1.04 bits per heavy atom. The van der Waals surface area contributed by atoms with Crippen molar-refractivity contribution in [2.45, 2.75) is 32.4 Å². The van der Waals surface area contributed by atoms with Crippen LogP contribution in [0, 0.1) is 0 Å². The lowest BCUT2D eigenvalue weighted by atomic mass is 10.0. The fourth-order valence-corrected chi connectivity index (χ4v) is 3.86. The van der Waals surface area contributed by atoms with Crippen molar-refractivity contribution in [3.63, 3.8) is 0 Å². The summed E-state index contributed by atoms with van der Waals surface area (Å²) in [5, 5.41) is 4.34. The van der Waals surface area contributed by atoms with Crippen LogP contribution < -0.4 is 5.32 Å². The van der Waals surface area contributed by atoms with E-state index in [9.17, 15) is 4.79 Å². The Bertz CT molecular complexity index is 696. The highest BCUT2D eigenvalue weighted by Gasteiger charge is 2.10. The number of anilines is 1. The molecule has 2 aromatic rings. The van der Waals surface area contributed by atoms with Gasteiger partial charge in [0.25, 0.3) is 0 Å². The lowest BCUT2D eigenvalue weighted by Gasteiger charge is -2.14. The Labute approximate surface area is 157 Å². The predicted molar refractivity (Wildman–Crippen MR) is 106 cm³/mol. The van der Waals surface area contributed by atoms with Gasteiger partial charge in [0.05, 0.1) is 5.75 Å².